The van der Waals surface area contributed by atoms with Gasteiger partial charge in [-0.25, -0.2) is 0 Å². The molecule has 124 valence electrons. The van der Waals surface area contributed by atoms with Crippen molar-refractivity contribution >= 4 is 11.3 Å². The highest BCUT2D eigenvalue weighted by molar-refractivity contribution is 7.13. The smallest absolute Gasteiger partial charge is 0.257 e. The molecule has 1 fully saturated rings. The molecule has 3 aromatic heterocycles. The van der Waals surface area contributed by atoms with E-state index in [2.05, 4.69) is 31.0 Å². The van der Waals surface area contributed by atoms with E-state index < -0.39 is 0 Å². The first-order valence-electron chi connectivity index (χ1n) is 8.08. The Bertz CT molecular complexity index is 750. The SMILES string of the molecule is c1ccc(CN2CCN(Cc3nnc(-c4cccs4)o3)CC2)nc1. The van der Waals surface area contributed by atoms with Crippen molar-refractivity contribution in [1.29, 1.82) is 0 Å². The van der Waals surface area contributed by atoms with Crippen molar-refractivity contribution in [3.63, 3.8) is 0 Å². The summed E-state index contributed by atoms with van der Waals surface area (Å²) in [6.45, 7) is 5.70. The van der Waals surface area contributed by atoms with Crippen LogP contribution in [0, 0.1) is 0 Å². The third kappa shape index (κ3) is 3.69. The lowest BCUT2D eigenvalue weighted by Crippen LogP contribution is -2.45. The van der Waals surface area contributed by atoms with E-state index in [1.165, 1.54) is 0 Å². The standard InChI is InChI=1S/C17H19N5OS/c1-2-6-18-14(4-1)12-21-7-9-22(10-8-21)13-16-19-20-17(23-16)15-5-3-11-24-15/h1-6,11H,7-10,12-13H2. The summed E-state index contributed by atoms with van der Waals surface area (Å²) < 4.78 is 5.78. The van der Waals surface area contributed by atoms with Crippen molar-refractivity contribution in [2.75, 3.05) is 26.2 Å². The second-order valence-electron chi connectivity index (χ2n) is 5.85. The van der Waals surface area contributed by atoms with Crippen LogP contribution in [0.4, 0.5) is 0 Å². The third-order valence-corrected chi connectivity index (χ3v) is 4.99. The number of piperazine rings is 1. The average molecular weight is 341 g/mol. The Morgan fingerprint density at radius 3 is 2.50 bits per heavy atom. The number of nitrogens with zero attached hydrogens (tertiary/aromatic N) is 5. The fourth-order valence-electron chi connectivity index (χ4n) is 2.83. The van der Waals surface area contributed by atoms with Gasteiger partial charge in [0.25, 0.3) is 5.89 Å². The van der Waals surface area contributed by atoms with E-state index in [4.69, 9.17) is 4.42 Å². The number of hydrogen-bond donors (Lipinski definition) is 0. The first-order valence-corrected chi connectivity index (χ1v) is 8.96. The molecule has 24 heavy (non-hydrogen) atoms. The molecule has 4 heterocycles. The third-order valence-electron chi connectivity index (χ3n) is 4.13. The van der Waals surface area contributed by atoms with Crippen molar-refractivity contribution in [3.8, 4) is 10.8 Å². The number of pyridine rings is 1. The molecule has 4 rings (SSSR count). The number of thiophene rings is 1. The Hall–Kier alpha value is -2.09. The second kappa shape index (κ2) is 7.21. The summed E-state index contributed by atoms with van der Waals surface area (Å²) in [6.07, 6.45) is 1.85. The van der Waals surface area contributed by atoms with Gasteiger partial charge >= 0.3 is 0 Å². The highest BCUT2D eigenvalue weighted by atomic mass is 32.1. The van der Waals surface area contributed by atoms with Gasteiger partial charge in [-0.15, -0.1) is 21.5 Å². The average Bonchev–Trinajstić information content (AvgIpc) is 3.29. The van der Waals surface area contributed by atoms with Crippen LogP contribution in [0.15, 0.2) is 46.3 Å². The quantitative estimate of drug-likeness (QED) is 0.711. The maximum absolute atomic E-state index is 5.78. The molecule has 1 aliphatic rings. The topological polar surface area (TPSA) is 58.3 Å². The van der Waals surface area contributed by atoms with Crippen LogP contribution < -0.4 is 0 Å². The van der Waals surface area contributed by atoms with Gasteiger partial charge in [0.05, 0.1) is 17.1 Å². The van der Waals surface area contributed by atoms with Crippen molar-refractivity contribution in [3.05, 3.63) is 53.5 Å². The van der Waals surface area contributed by atoms with Gasteiger partial charge in [0.15, 0.2) is 0 Å². The highest BCUT2D eigenvalue weighted by Gasteiger charge is 2.19. The van der Waals surface area contributed by atoms with Crippen LogP contribution in [0.3, 0.4) is 0 Å². The maximum atomic E-state index is 5.78. The second-order valence-corrected chi connectivity index (χ2v) is 6.80. The van der Waals surface area contributed by atoms with E-state index in [1.807, 2.05) is 35.8 Å². The van der Waals surface area contributed by atoms with Crippen molar-refractivity contribution in [1.82, 2.24) is 25.0 Å². The summed E-state index contributed by atoms with van der Waals surface area (Å²) in [6, 6.07) is 10.1. The minimum absolute atomic E-state index is 0.619. The lowest BCUT2D eigenvalue weighted by atomic mass is 10.2. The minimum atomic E-state index is 0.619. The summed E-state index contributed by atoms with van der Waals surface area (Å²) >= 11 is 1.61. The Labute approximate surface area is 144 Å². The number of rotatable bonds is 5. The van der Waals surface area contributed by atoms with Gasteiger partial charge in [-0.1, -0.05) is 12.1 Å². The van der Waals surface area contributed by atoms with Crippen LogP contribution in [-0.4, -0.2) is 51.2 Å². The lowest BCUT2D eigenvalue weighted by molar-refractivity contribution is 0.114. The molecule has 0 spiro atoms. The van der Waals surface area contributed by atoms with Crippen molar-refractivity contribution in [2.24, 2.45) is 0 Å². The largest absolute Gasteiger partial charge is 0.419 e. The molecule has 0 aromatic carbocycles. The van der Waals surface area contributed by atoms with Gasteiger partial charge in [-0.2, -0.15) is 0 Å². The van der Waals surface area contributed by atoms with Crippen LogP contribution >= 0.6 is 11.3 Å². The Balaban J connectivity index is 1.29. The molecular formula is C17H19N5OS. The lowest BCUT2D eigenvalue weighted by Gasteiger charge is -2.33. The molecule has 0 aliphatic carbocycles. The van der Waals surface area contributed by atoms with Gasteiger partial charge in [0, 0.05) is 38.9 Å². The molecule has 1 saturated heterocycles. The fraction of sp³-hybridized carbons (Fsp3) is 0.353. The fourth-order valence-corrected chi connectivity index (χ4v) is 3.48. The monoisotopic (exact) mass is 341 g/mol. The molecule has 0 saturated carbocycles. The van der Waals surface area contributed by atoms with E-state index in [0.29, 0.717) is 11.8 Å². The summed E-state index contributed by atoms with van der Waals surface area (Å²) in [7, 11) is 0. The van der Waals surface area contributed by atoms with Crippen LogP contribution in [0.1, 0.15) is 11.6 Å². The molecule has 0 radical (unpaired) electrons. The van der Waals surface area contributed by atoms with Crippen LogP contribution in [0.5, 0.6) is 0 Å². The van der Waals surface area contributed by atoms with Gasteiger partial charge in [-0.05, 0) is 23.6 Å². The molecular weight excluding hydrogens is 322 g/mol. The summed E-state index contributed by atoms with van der Waals surface area (Å²) in [4.78, 5) is 10.2. The first-order chi connectivity index (χ1) is 11.9. The molecule has 0 bridgehead atoms. The zero-order valence-corrected chi connectivity index (χ0v) is 14.2. The summed E-state index contributed by atoms with van der Waals surface area (Å²) in [5, 5.41) is 10.3. The van der Waals surface area contributed by atoms with Crippen LogP contribution in [0.2, 0.25) is 0 Å². The molecule has 0 N–H and O–H groups in total. The molecule has 0 atom stereocenters. The molecule has 0 amide bonds. The molecule has 6 nitrogen and oxygen atoms in total. The normalized spacial score (nSPS) is 16.5. The van der Waals surface area contributed by atoms with Gasteiger partial charge in [-0.3, -0.25) is 14.8 Å². The van der Waals surface area contributed by atoms with Crippen molar-refractivity contribution < 1.29 is 4.42 Å². The first kappa shape index (κ1) is 15.4. The van der Waals surface area contributed by atoms with Gasteiger partial charge in [0.1, 0.15) is 0 Å². The number of aromatic nitrogens is 3. The maximum Gasteiger partial charge on any atom is 0.257 e. The molecule has 1 aliphatic heterocycles. The van der Waals surface area contributed by atoms with Crippen molar-refractivity contribution in [2.45, 2.75) is 13.1 Å². The predicted molar refractivity (Wildman–Crippen MR) is 92.4 cm³/mol. The number of hydrogen-bond acceptors (Lipinski definition) is 7. The summed E-state index contributed by atoms with van der Waals surface area (Å²) in [5.74, 6) is 1.31. The van der Waals surface area contributed by atoms with Gasteiger partial charge < -0.3 is 4.42 Å². The predicted octanol–water partition coefficient (Wildman–Crippen LogP) is 2.51. The Kier molecular flexibility index (Phi) is 4.64. The van der Waals surface area contributed by atoms with E-state index in [-0.39, 0.29) is 0 Å². The van der Waals surface area contributed by atoms with E-state index in [9.17, 15) is 0 Å². The van der Waals surface area contributed by atoms with Crippen LogP contribution in [0.25, 0.3) is 10.8 Å². The van der Waals surface area contributed by atoms with Crippen LogP contribution in [-0.2, 0) is 13.1 Å². The van der Waals surface area contributed by atoms with Gasteiger partial charge in [0.2, 0.25) is 5.89 Å². The molecule has 7 heteroatoms. The zero-order valence-electron chi connectivity index (χ0n) is 13.3. The zero-order chi connectivity index (χ0) is 16.2. The van der Waals surface area contributed by atoms with E-state index in [1.54, 1.807) is 11.3 Å². The minimum Gasteiger partial charge on any atom is -0.419 e. The highest BCUT2D eigenvalue weighted by Crippen LogP contribution is 2.23. The Morgan fingerprint density at radius 2 is 1.79 bits per heavy atom. The molecule has 3 aromatic rings. The van der Waals surface area contributed by atoms with E-state index in [0.717, 1.165) is 49.8 Å². The van der Waals surface area contributed by atoms with E-state index >= 15 is 0 Å². The summed E-state index contributed by atoms with van der Waals surface area (Å²) in [5.41, 5.74) is 1.13. The Morgan fingerprint density at radius 1 is 0.958 bits per heavy atom. The molecule has 0 unspecified atom stereocenters.